The lowest BCUT2D eigenvalue weighted by atomic mass is 9.96. The van der Waals surface area contributed by atoms with Crippen LogP contribution in [0.15, 0.2) is 36.4 Å². The molecule has 0 saturated heterocycles. The maximum absolute atomic E-state index is 12.4. The molecule has 2 rings (SSSR count). The van der Waals surface area contributed by atoms with Crippen molar-refractivity contribution < 1.29 is 4.79 Å². The van der Waals surface area contributed by atoms with Gasteiger partial charge in [-0.25, -0.2) is 0 Å². The summed E-state index contributed by atoms with van der Waals surface area (Å²) in [6, 6.07) is 10.6. The van der Waals surface area contributed by atoms with E-state index in [0.717, 1.165) is 11.1 Å². The van der Waals surface area contributed by atoms with Crippen LogP contribution in [0.2, 0.25) is 10.0 Å². The van der Waals surface area contributed by atoms with Crippen molar-refractivity contribution in [2.24, 2.45) is 0 Å². The molecule has 0 atom stereocenters. The van der Waals surface area contributed by atoms with E-state index in [1.54, 1.807) is 18.2 Å². The fourth-order valence-corrected chi connectivity index (χ4v) is 2.19. The van der Waals surface area contributed by atoms with Gasteiger partial charge in [-0.3, -0.25) is 4.79 Å². The van der Waals surface area contributed by atoms with Crippen LogP contribution >= 0.6 is 23.2 Å². The third kappa shape index (κ3) is 2.43. The first-order valence-electron chi connectivity index (χ1n) is 5.56. The van der Waals surface area contributed by atoms with E-state index in [2.05, 4.69) is 0 Å². The zero-order valence-corrected chi connectivity index (χ0v) is 11.6. The maximum atomic E-state index is 12.4. The zero-order chi connectivity index (χ0) is 13.3. The summed E-state index contributed by atoms with van der Waals surface area (Å²) in [4.78, 5) is 12.4. The van der Waals surface area contributed by atoms with E-state index < -0.39 is 0 Å². The van der Waals surface area contributed by atoms with Crippen LogP contribution in [0.3, 0.4) is 0 Å². The second-order valence-electron chi connectivity index (χ2n) is 4.20. The van der Waals surface area contributed by atoms with Crippen LogP contribution < -0.4 is 0 Å². The number of carbonyl (C=O) groups excluding carboxylic acids is 1. The van der Waals surface area contributed by atoms with Gasteiger partial charge in [-0.15, -0.1) is 0 Å². The highest BCUT2D eigenvalue weighted by Crippen LogP contribution is 2.25. The van der Waals surface area contributed by atoms with E-state index in [9.17, 15) is 4.79 Å². The molecule has 0 spiro atoms. The van der Waals surface area contributed by atoms with Crippen molar-refractivity contribution in [2.75, 3.05) is 0 Å². The Bertz CT molecular complexity index is 614. The Hall–Kier alpha value is -1.31. The van der Waals surface area contributed by atoms with Crippen LogP contribution in [0.25, 0.3) is 0 Å². The highest BCUT2D eigenvalue weighted by molar-refractivity contribution is 6.36. The van der Waals surface area contributed by atoms with Crippen LogP contribution in [-0.2, 0) is 0 Å². The topological polar surface area (TPSA) is 17.1 Å². The average molecular weight is 279 g/mol. The third-order valence-electron chi connectivity index (χ3n) is 3.02. The molecule has 2 aromatic carbocycles. The van der Waals surface area contributed by atoms with E-state index in [1.807, 2.05) is 32.0 Å². The fraction of sp³-hybridized carbons (Fsp3) is 0.133. The van der Waals surface area contributed by atoms with Gasteiger partial charge < -0.3 is 0 Å². The minimum Gasteiger partial charge on any atom is -0.289 e. The Labute approximate surface area is 116 Å². The molecular formula is C15H12Cl2O. The minimum atomic E-state index is -0.0938. The van der Waals surface area contributed by atoms with Gasteiger partial charge in [0.2, 0.25) is 0 Å². The monoisotopic (exact) mass is 278 g/mol. The molecule has 1 nitrogen and oxygen atoms in total. The van der Waals surface area contributed by atoms with Crippen LogP contribution in [0.1, 0.15) is 27.0 Å². The number of halogens is 2. The van der Waals surface area contributed by atoms with Crippen molar-refractivity contribution in [3.8, 4) is 0 Å². The molecule has 0 aliphatic heterocycles. The summed E-state index contributed by atoms with van der Waals surface area (Å²) in [7, 11) is 0. The second-order valence-corrected chi connectivity index (χ2v) is 5.04. The van der Waals surface area contributed by atoms with Gasteiger partial charge >= 0.3 is 0 Å². The molecule has 0 unspecified atom stereocenters. The lowest BCUT2D eigenvalue weighted by Gasteiger charge is -2.09. The third-order valence-corrected chi connectivity index (χ3v) is 3.59. The number of hydrogen-bond acceptors (Lipinski definition) is 1. The molecule has 2 aromatic rings. The Kier molecular flexibility index (Phi) is 3.74. The Morgan fingerprint density at radius 2 is 1.72 bits per heavy atom. The van der Waals surface area contributed by atoms with Crippen molar-refractivity contribution in [3.05, 3.63) is 68.7 Å². The Morgan fingerprint density at radius 1 is 1.00 bits per heavy atom. The first kappa shape index (κ1) is 13.1. The first-order valence-corrected chi connectivity index (χ1v) is 6.32. The summed E-state index contributed by atoms with van der Waals surface area (Å²) in [5.74, 6) is -0.0938. The smallest absolute Gasteiger partial charge is 0.194 e. The lowest BCUT2D eigenvalue weighted by Crippen LogP contribution is -2.05. The van der Waals surface area contributed by atoms with Crippen LogP contribution in [0.5, 0.6) is 0 Å². The molecule has 0 amide bonds. The van der Waals surface area contributed by atoms with Gasteiger partial charge in [0.1, 0.15) is 0 Å². The van der Waals surface area contributed by atoms with Crippen LogP contribution in [0, 0.1) is 13.8 Å². The highest BCUT2D eigenvalue weighted by atomic mass is 35.5. The van der Waals surface area contributed by atoms with Gasteiger partial charge in [-0.2, -0.15) is 0 Å². The summed E-state index contributed by atoms with van der Waals surface area (Å²) in [6.07, 6.45) is 0. The van der Waals surface area contributed by atoms with E-state index in [1.165, 1.54) is 0 Å². The summed E-state index contributed by atoms with van der Waals surface area (Å²) in [5, 5.41) is 0.929. The molecule has 0 N–H and O–H groups in total. The largest absolute Gasteiger partial charge is 0.289 e. The quantitative estimate of drug-likeness (QED) is 0.719. The molecule has 0 bridgehead atoms. The van der Waals surface area contributed by atoms with Crippen molar-refractivity contribution in [2.45, 2.75) is 13.8 Å². The Morgan fingerprint density at radius 3 is 2.44 bits per heavy atom. The Balaban J connectivity index is 2.55. The number of carbonyl (C=O) groups is 1. The zero-order valence-electron chi connectivity index (χ0n) is 10.1. The summed E-state index contributed by atoms with van der Waals surface area (Å²) in [5.41, 5.74) is 3.16. The predicted molar refractivity (Wildman–Crippen MR) is 75.8 cm³/mol. The maximum Gasteiger partial charge on any atom is 0.194 e. The molecule has 0 aliphatic carbocycles. The number of ketones is 1. The standard InChI is InChI=1S/C15H12Cl2O/c1-9-4-3-5-12(10(9)2)15(18)13-8-11(16)6-7-14(13)17/h3-8H,1-2H3. The molecular weight excluding hydrogens is 267 g/mol. The van der Waals surface area contributed by atoms with E-state index in [-0.39, 0.29) is 5.78 Å². The van der Waals surface area contributed by atoms with Gasteiger partial charge in [0, 0.05) is 16.1 Å². The van der Waals surface area contributed by atoms with E-state index in [0.29, 0.717) is 21.2 Å². The molecule has 0 aliphatic rings. The van der Waals surface area contributed by atoms with E-state index in [4.69, 9.17) is 23.2 Å². The lowest BCUT2D eigenvalue weighted by molar-refractivity contribution is 0.103. The fourth-order valence-electron chi connectivity index (χ4n) is 1.81. The normalized spacial score (nSPS) is 10.4. The summed E-state index contributed by atoms with van der Waals surface area (Å²) >= 11 is 12.0. The molecule has 0 radical (unpaired) electrons. The molecule has 0 fully saturated rings. The van der Waals surface area contributed by atoms with Gasteiger partial charge in [-0.05, 0) is 43.2 Å². The number of aryl methyl sites for hydroxylation is 1. The van der Waals surface area contributed by atoms with Gasteiger partial charge in [-0.1, -0.05) is 41.4 Å². The predicted octanol–water partition coefficient (Wildman–Crippen LogP) is 4.84. The molecule has 18 heavy (non-hydrogen) atoms. The number of benzene rings is 2. The molecule has 92 valence electrons. The van der Waals surface area contributed by atoms with Crippen molar-refractivity contribution in [3.63, 3.8) is 0 Å². The van der Waals surface area contributed by atoms with Crippen molar-refractivity contribution >= 4 is 29.0 Å². The van der Waals surface area contributed by atoms with E-state index >= 15 is 0 Å². The van der Waals surface area contributed by atoms with Gasteiger partial charge in [0.15, 0.2) is 5.78 Å². The average Bonchev–Trinajstić information content (AvgIpc) is 2.35. The van der Waals surface area contributed by atoms with Crippen molar-refractivity contribution in [1.82, 2.24) is 0 Å². The minimum absolute atomic E-state index is 0.0938. The first-order chi connectivity index (χ1) is 8.50. The summed E-state index contributed by atoms with van der Waals surface area (Å²) < 4.78 is 0. The molecule has 0 aromatic heterocycles. The summed E-state index contributed by atoms with van der Waals surface area (Å²) in [6.45, 7) is 3.91. The van der Waals surface area contributed by atoms with Crippen LogP contribution in [-0.4, -0.2) is 5.78 Å². The number of hydrogen-bond donors (Lipinski definition) is 0. The van der Waals surface area contributed by atoms with Crippen LogP contribution in [0.4, 0.5) is 0 Å². The second kappa shape index (κ2) is 5.13. The molecule has 0 saturated carbocycles. The van der Waals surface area contributed by atoms with Gasteiger partial charge in [0.05, 0.1) is 5.02 Å². The molecule has 3 heteroatoms. The molecule has 0 heterocycles. The number of rotatable bonds is 2. The SMILES string of the molecule is Cc1cccc(C(=O)c2cc(Cl)ccc2Cl)c1C. The van der Waals surface area contributed by atoms with Gasteiger partial charge in [0.25, 0.3) is 0 Å². The highest BCUT2D eigenvalue weighted by Gasteiger charge is 2.15. The van der Waals surface area contributed by atoms with Crippen molar-refractivity contribution in [1.29, 1.82) is 0 Å².